The van der Waals surface area contributed by atoms with Gasteiger partial charge in [-0.25, -0.2) is 4.39 Å². The maximum Gasteiger partial charge on any atom is 0.126 e. The summed E-state index contributed by atoms with van der Waals surface area (Å²) < 4.78 is 18.3. The van der Waals surface area contributed by atoms with E-state index in [1.54, 1.807) is 19.2 Å². The minimum Gasteiger partial charge on any atom is -0.497 e. The number of halogens is 1. The normalized spacial score (nSPS) is 12.6. The first-order valence-electron chi connectivity index (χ1n) is 4.75. The predicted octanol–water partition coefficient (Wildman–Crippen LogP) is 2.11. The lowest BCUT2D eigenvalue weighted by molar-refractivity contribution is 0.412. The fraction of sp³-hybridized carbons (Fsp3) is 0.455. The quantitative estimate of drug-likeness (QED) is 0.802. The van der Waals surface area contributed by atoms with Gasteiger partial charge in [-0.15, -0.1) is 0 Å². The Bertz CT molecular complexity index is 301. The summed E-state index contributed by atoms with van der Waals surface area (Å²) in [7, 11) is 1.57. The summed E-state index contributed by atoms with van der Waals surface area (Å²) in [6.45, 7) is 1.99. The van der Waals surface area contributed by atoms with Crippen molar-refractivity contribution >= 4 is 0 Å². The van der Waals surface area contributed by atoms with Crippen molar-refractivity contribution in [1.82, 2.24) is 0 Å². The smallest absolute Gasteiger partial charge is 0.126 e. The number of hydrogen-bond donors (Lipinski definition) is 1. The molecule has 0 bridgehead atoms. The van der Waals surface area contributed by atoms with Gasteiger partial charge in [-0.3, -0.25) is 0 Å². The Kier molecular flexibility index (Phi) is 3.89. The van der Waals surface area contributed by atoms with E-state index >= 15 is 0 Å². The Morgan fingerprint density at radius 2 is 2.21 bits per heavy atom. The van der Waals surface area contributed by atoms with Gasteiger partial charge in [-0.2, -0.15) is 0 Å². The van der Waals surface area contributed by atoms with Gasteiger partial charge in [0.2, 0.25) is 0 Å². The van der Waals surface area contributed by atoms with Crippen LogP contribution in [0.4, 0.5) is 4.39 Å². The minimum absolute atomic E-state index is 0.0107. The van der Waals surface area contributed by atoms with E-state index in [2.05, 4.69) is 0 Å². The number of nitrogens with two attached hydrogens (primary N) is 1. The van der Waals surface area contributed by atoms with Crippen molar-refractivity contribution in [3.05, 3.63) is 29.6 Å². The lowest BCUT2D eigenvalue weighted by Gasteiger charge is -2.10. The molecule has 0 spiro atoms. The molecule has 0 radical (unpaired) electrons. The van der Waals surface area contributed by atoms with Crippen LogP contribution in [0.15, 0.2) is 18.2 Å². The van der Waals surface area contributed by atoms with E-state index in [4.69, 9.17) is 10.5 Å². The molecular formula is C11H16FNO. The maximum atomic E-state index is 13.3. The van der Waals surface area contributed by atoms with Crippen LogP contribution in [0.5, 0.6) is 5.75 Å². The topological polar surface area (TPSA) is 35.2 Å². The highest BCUT2D eigenvalue weighted by Gasteiger charge is 2.07. The minimum atomic E-state index is -0.213. The third kappa shape index (κ3) is 2.70. The summed E-state index contributed by atoms with van der Waals surface area (Å²) in [5.41, 5.74) is 6.38. The summed E-state index contributed by atoms with van der Waals surface area (Å²) in [5.74, 6) is 0.458. The largest absolute Gasteiger partial charge is 0.497 e. The molecule has 0 aliphatic heterocycles. The van der Waals surface area contributed by atoms with Gasteiger partial charge in [0.25, 0.3) is 0 Å². The van der Waals surface area contributed by atoms with E-state index in [1.165, 1.54) is 6.07 Å². The molecule has 0 amide bonds. The molecule has 3 heteroatoms. The van der Waals surface area contributed by atoms with E-state index in [-0.39, 0.29) is 11.9 Å². The molecule has 1 rings (SSSR count). The summed E-state index contributed by atoms with van der Waals surface area (Å²) in [6.07, 6.45) is 1.40. The van der Waals surface area contributed by atoms with Gasteiger partial charge in [0.1, 0.15) is 11.6 Å². The van der Waals surface area contributed by atoms with Crippen LogP contribution in [0, 0.1) is 5.82 Å². The van der Waals surface area contributed by atoms with Gasteiger partial charge >= 0.3 is 0 Å². The SMILES string of the molecule is CCC(N)Cc1cc(OC)ccc1F. The van der Waals surface area contributed by atoms with E-state index in [0.29, 0.717) is 17.7 Å². The Morgan fingerprint density at radius 3 is 2.79 bits per heavy atom. The lowest BCUT2D eigenvalue weighted by Crippen LogP contribution is -2.21. The van der Waals surface area contributed by atoms with Gasteiger partial charge in [-0.05, 0) is 36.6 Å². The Morgan fingerprint density at radius 1 is 1.50 bits per heavy atom. The van der Waals surface area contributed by atoms with Crippen molar-refractivity contribution in [1.29, 1.82) is 0 Å². The van der Waals surface area contributed by atoms with Gasteiger partial charge in [-0.1, -0.05) is 6.92 Å². The highest BCUT2D eigenvalue weighted by molar-refractivity contribution is 5.30. The highest BCUT2D eigenvalue weighted by atomic mass is 19.1. The molecule has 0 aliphatic rings. The number of methoxy groups -OCH3 is 1. The molecule has 1 aromatic carbocycles. The van der Waals surface area contributed by atoms with Crippen molar-refractivity contribution in [2.24, 2.45) is 5.73 Å². The van der Waals surface area contributed by atoms with Crippen molar-refractivity contribution in [3.8, 4) is 5.75 Å². The molecule has 14 heavy (non-hydrogen) atoms. The zero-order valence-corrected chi connectivity index (χ0v) is 8.59. The van der Waals surface area contributed by atoms with Crippen molar-refractivity contribution < 1.29 is 9.13 Å². The van der Waals surface area contributed by atoms with Crippen LogP contribution in [0.1, 0.15) is 18.9 Å². The molecule has 1 aromatic rings. The van der Waals surface area contributed by atoms with Crippen LogP contribution in [-0.4, -0.2) is 13.2 Å². The molecule has 0 aromatic heterocycles. The van der Waals surface area contributed by atoms with Crippen LogP contribution >= 0.6 is 0 Å². The molecule has 1 unspecified atom stereocenters. The average molecular weight is 197 g/mol. The zero-order valence-electron chi connectivity index (χ0n) is 8.59. The lowest BCUT2D eigenvalue weighted by atomic mass is 10.0. The van der Waals surface area contributed by atoms with Gasteiger partial charge in [0.15, 0.2) is 0 Å². The van der Waals surface area contributed by atoms with Gasteiger partial charge in [0.05, 0.1) is 7.11 Å². The summed E-state index contributed by atoms with van der Waals surface area (Å²) in [5, 5.41) is 0. The Labute approximate surface area is 83.9 Å². The Balaban J connectivity index is 2.83. The number of benzene rings is 1. The van der Waals surface area contributed by atoms with Gasteiger partial charge < -0.3 is 10.5 Å². The van der Waals surface area contributed by atoms with E-state index in [9.17, 15) is 4.39 Å². The van der Waals surface area contributed by atoms with E-state index in [1.807, 2.05) is 6.92 Å². The number of hydrogen-bond acceptors (Lipinski definition) is 2. The third-order valence-corrected chi connectivity index (χ3v) is 2.26. The standard InChI is InChI=1S/C11H16FNO/c1-3-9(13)6-8-7-10(14-2)4-5-11(8)12/h4-5,7,9H,3,6,13H2,1-2H3. The molecule has 0 saturated carbocycles. The van der Waals surface area contributed by atoms with Crippen molar-refractivity contribution in [2.75, 3.05) is 7.11 Å². The molecule has 2 N–H and O–H groups in total. The molecule has 0 aliphatic carbocycles. The first kappa shape index (κ1) is 11.0. The van der Waals surface area contributed by atoms with E-state index in [0.717, 1.165) is 6.42 Å². The van der Waals surface area contributed by atoms with Crippen LogP contribution < -0.4 is 10.5 Å². The second kappa shape index (κ2) is 4.96. The molecule has 0 fully saturated rings. The average Bonchev–Trinajstić information content (AvgIpc) is 2.21. The zero-order chi connectivity index (χ0) is 10.6. The molecule has 2 nitrogen and oxygen atoms in total. The van der Waals surface area contributed by atoms with Crippen LogP contribution in [-0.2, 0) is 6.42 Å². The second-order valence-electron chi connectivity index (χ2n) is 3.33. The summed E-state index contributed by atoms with van der Waals surface area (Å²) in [6, 6.07) is 4.73. The second-order valence-corrected chi connectivity index (χ2v) is 3.33. The first-order chi connectivity index (χ1) is 6.67. The van der Waals surface area contributed by atoms with Crippen LogP contribution in [0.25, 0.3) is 0 Å². The summed E-state index contributed by atoms with van der Waals surface area (Å²) >= 11 is 0. The predicted molar refractivity (Wildman–Crippen MR) is 54.9 cm³/mol. The third-order valence-electron chi connectivity index (χ3n) is 2.26. The van der Waals surface area contributed by atoms with Crippen molar-refractivity contribution in [2.45, 2.75) is 25.8 Å². The number of ether oxygens (including phenoxy) is 1. The maximum absolute atomic E-state index is 13.3. The molecule has 0 heterocycles. The monoisotopic (exact) mass is 197 g/mol. The first-order valence-corrected chi connectivity index (χ1v) is 4.75. The van der Waals surface area contributed by atoms with Crippen LogP contribution in [0.2, 0.25) is 0 Å². The highest BCUT2D eigenvalue weighted by Crippen LogP contribution is 2.17. The molecule has 0 saturated heterocycles. The fourth-order valence-electron chi connectivity index (χ4n) is 1.26. The fourth-order valence-corrected chi connectivity index (χ4v) is 1.26. The molecule has 78 valence electrons. The summed E-state index contributed by atoms with van der Waals surface area (Å²) in [4.78, 5) is 0. The van der Waals surface area contributed by atoms with E-state index < -0.39 is 0 Å². The molecular weight excluding hydrogens is 181 g/mol. The Hall–Kier alpha value is -1.09. The van der Waals surface area contributed by atoms with Crippen molar-refractivity contribution in [3.63, 3.8) is 0 Å². The molecule has 1 atom stereocenters. The van der Waals surface area contributed by atoms with Gasteiger partial charge in [0, 0.05) is 6.04 Å². The number of rotatable bonds is 4. The van der Waals surface area contributed by atoms with Crippen LogP contribution in [0.3, 0.4) is 0 Å².